The van der Waals surface area contributed by atoms with Crippen LogP contribution in [0.5, 0.6) is 0 Å². The standard InChI is InChI=1S/C9H9Br2N/c10-8-1-6(2-9(11)3-8)7-4-12-5-7/h1-3,7,12H,4-5H2. The summed E-state index contributed by atoms with van der Waals surface area (Å²) in [5.41, 5.74) is 1.41. The van der Waals surface area contributed by atoms with E-state index in [1.807, 2.05) is 0 Å². The lowest BCUT2D eigenvalue weighted by atomic mass is 9.94. The van der Waals surface area contributed by atoms with Crippen LogP contribution in [0.2, 0.25) is 0 Å². The first-order valence-corrected chi connectivity index (χ1v) is 5.51. The lowest BCUT2D eigenvalue weighted by Gasteiger charge is -2.27. The van der Waals surface area contributed by atoms with Gasteiger partial charge in [0.25, 0.3) is 0 Å². The first kappa shape index (κ1) is 8.73. The summed E-state index contributed by atoms with van der Waals surface area (Å²) in [6.45, 7) is 2.23. The van der Waals surface area contributed by atoms with Gasteiger partial charge in [0.15, 0.2) is 0 Å². The van der Waals surface area contributed by atoms with E-state index in [9.17, 15) is 0 Å². The van der Waals surface area contributed by atoms with Crippen molar-refractivity contribution in [1.29, 1.82) is 0 Å². The van der Waals surface area contributed by atoms with E-state index in [2.05, 4.69) is 55.4 Å². The number of benzene rings is 1. The second kappa shape index (κ2) is 3.48. The van der Waals surface area contributed by atoms with Crippen LogP contribution in [0, 0.1) is 0 Å². The second-order valence-corrected chi connectivity index (χ2v) is 4.89. The van der Waals surface area contributed by atoms with E-state index in [4.69, 9.17) is 0 Å². The molecule has 3 heteroatoms. The van der Waals surface area contributed by atoms with Crippen LogP contribution in [0.15, 0.2) is 27.1 Å². The van der Waals surface area contributed by atoms with Crippen LogP contribution >= 0.6 is 31.9 Å². The minimum Gasteiger partial charge on any atom is -0.315 e. The fraction of sp³-hybridized carbons (Fsp3) is 0.333. The molecule has 1 aromatic rings. The van der Waals surface area contributed by atoms with Gasteiger partial charge in [0.05, 0.1) is 0 Å². The summed E-state index contributed by atoms with van der Waals surface area (Å²) < 4.78 is 2.30. The van der Waals surface area contributed by atoms with E-state index < -0.39 is 0 Å². The van der Waals surface area contributed by atoms with Gasteiger partial charge < -0.3 is 5.32 Å². The molecule has 0 radical (unpaired) electrons. The third kappa shape index (κ3) is 1.73. The molecule has 0 bridgehead atoms. The molecular weight excluding hydrogens is 282 g/mol. The van der Waals surface area contributed by atoms with Crippen molar-refractivity contribution < 1.29 is 0 Å². The number of halogens is 2. The van der Waals surface area contributed by atoms with Gasteiger partial charge in [-0.15, -0.1) is 0 Å². The third-order valence-electron chi connectivity index (χ3n) is 2.14. The third-order valence-corrected chi connectivity index (χ3v) is 3.05. The Morgan fingerprint density at radius 1 is 1.08 bits per heavy atom. The molecule has 0 aromatic heterocycles. The molecule has 0 aliphatic carbocycles. The summed E-state index contributed by atoms with van der Waals surface area (Å²) in [6.07, 6.45) is 0. The second-order valence-electron chi connectivity index (χ2n) is 3.06. The molecule has 1 aliphatic heterocycles. The van der Waals surface area contributed by atoms with Crippen LogP contribution < -0.4 is 5.32 Å². The molecule has 0 spiro atoms. The predicted molar refractivity (Wildman–Crippen MR) is 57.5 cm³/mol. The van der Waals surface area contributed by atoms with Crippen molar-refractivity contribution in [2.24, 2.45) is 0 Å². The summed E-state index contributed by atoms with van der Waals surface area (Å²) in [7, 11) is 0. The molecule has 1 saturated heterocycles. The molecule has 0 atom stereocenters. The van der Waals surface area contributed by atoms with Gasteiger partial charge in [0, 0.05) is 28.0 Å². The Kier molecular flexibility index (Phi) is 2.53. The van der Waals surface area contributed by atoms with E-state index in [0.29, 0.717) is 5.92 Å². The highest BCUT2D eigenvalue weighted by Gasteiger charge is 2.18. The van der Waals surface area contributed by atoms with Crippen LogP contribution in [0.25, 0.3) is 0 Å². The summed E-state index contributed by atoms with van der Waals surface area (Å²) in [5, 5.41) is 3.27. The Morgan fingerprint density at radius 2 is 1.67 bits per heavy atom. The Hall–Kier alpha value is 0.140. The topological polar surface area (TPSA) is 12.0 Å². The van der Waals surface area contributed by atoms with Crippen LogP contribution in [0.4, 0.5) is 0 Å². The van der Waals surface area contributed by atoms with Gasteiger partial charge >= 0.3 is 0 Å². The Morgan fingerprint density at radius 3 is 2.08 bits per heavy atom. The largest absolute Gasteiger partial charge is 0.315 e. The van der Waals surface area contributed by atoms with E-state index in [-0.39, 0.29) is 0 Å². The monoisotopic (exact) mass is 289 g/mol. The molecule has 1 aromatic carbocycles. The summed E-state index contributed by atoms with van der Waals surface area (Å²) in [4.78, 5) is 0. The smallest absolute Gasteiger partial charge is 0.0189 e. The van der Waals surface area contributed by atoms with Crippen molar-refractivity contribution in [2.75, 3.05) is 13.1 Å². The van der Waals surface area contributed by atoms with Crippen LogP contribution in [0.3, 0.4) is 0 Å². The minimum atomic E-state index is 0.707. The van der Waals surface area contributed by atoms with Crippen LogP contribution in [-0.2, 0) is 0 Å². The normalized spacial score (nSPS) is 17.5. The Labute approximate surface area is 88.8 Å². The zero-order valence-electron chi connectivity index (χ0n) is 6.48. The van der Waals surface area contributed by atoms with Gasteiger partial charge in [-0.2, -0.15) is 0 Å². The molecule has 1 N–H and O–H groups in total. The van der Waals surface area contributed by atoms with Crippen molar-refractivity contribution in [3.8, 4) is 0 Å². The molecule has 1 nitrogen and oxygen atoms in total. The van der Waals surface area contributed by atoms with Gasteiger partial charge in [-0.3, -0.25) is 0 Å². The SMILES string of the molecule is Brc1cc(Br)cc(C2CNC2)c1. The highest BCUT2D eigenvalue weighted by molar-refractivity contribution is 9.11. The van der Waals surface area contributed by atoms with Gasteiger partial charge in [-0.05, 0) is 23.8 Å². The zero-order valence-corrected chi connectivity index (χ0v) is 9.65. The van der Waals surface area contributed by atoms with Gasteiger partial charge in [0.2, 0.25) is 0 Å². The number of nitrogens with one attached hydrogen (secondary N) is 1. The lowest BCUT2D eigenvalue weighted by molar-refractivity contribution is 0.448. The average molecular weight is 291 g/mol. The van der Waals surface area contributed by atoms with Crippen molar-refractivity contribution in [3.63, 3.8) is 0 Å². The van der Waals surface area contributed by atoms with Crippen molar-refractivity contribution in [3.05, 3.63) is 32.7 Å². The Balaban J connectivity index is 2.30. The first-order valence-electron chi connectivity index (χ1n) is 3.92. The number of hydrogen-bond donors (Lipinski definition) is 1. The average Bonchev–Trinajstić information content (AvgIpc) is 1.79. The predicted octanol–water partition coefficient (Wildman–Crippen LogP) is 2.90. The molecule has 1 heterocycles. The van der Waals surface area contributed by atoms with E-state index in [0.717, 1.165) is 22.0 Å². The summed E-state index contributed by atoms with van der Waals surface area (Å²) in [5.74, 6) is 0.707. The highest BCUT2D eigenvalue weighted by Crippen LogP contribution is 2.27. The van der Waals surface area contributed by atoms with Gasteiger partial charge in [0.1, 0.15) is 0 Å². The molecule has 1 fully saturated rings. The quantitative estimate of drug-likeness (QED) is 0.839. The van der Waals surface area contributed by atoms with Crippen molar-refractivity contribution in [2.45, 2.75) is 5.92 Å². The fourth-order valence-corrected chi connectivity index (χ4v) is 2.66. The van der Waals surface area contributed by atoms with Crippen LogP contribution in [-0.4, -0.2) is 13.1 Å². The van der Waals surface area contributed by atoms with Crippen LogP contribution in [0.1, 0.15) is 11.5 Å². The fourth-order valence-electron chi connectivity index (χ4n) is 1.34. The van der Waals surface area contributed by atoms with Crippen molar-refractivity contribution >= 4 is 31.9 Å². The molecule has 0 saturated carbocycles. The molecule has 0 amide bonds. The molecule has 2 rings (SSSR count). The molecule has 64 valence electrons. The molecular formula is C9H9Br2N. The maximum atomic E-state index is 3.48. The zero-order chi connectivity index (χ0) is 8.55. The van der Waals surface area contributed by atoms with Crippen molar-refractivity contribution in [1.82, 2.24) is 5.32 Å². The maximum Gasteiger partial charge on any atom is 0.0189 e. The maximum absolute atomic E-state index is 3.48. The van der Waals surface area contributed by atoms with Gasteiger partial charge in [-0.1, -0.05) is 31.9 Å². The summed E-state index contributed by atoms with van der Waals surface area (Å²) in [6, 6.07) is 6.45. The first-order chi connectivity index (χ1) is 5.75. The molecule has 1 aliphatic rings. The van der Waals surface area contributed by atoms with Gasteiger partial charge in [-0.25, -0.2) is 0 Å². The minimum absolute atomic E-state index is 0.707. The summed E-state index contributed by atoms with van der Waals surface area (Å²) >= 11 is 6.97. The van der Waals surface area contributed by atoms with E-state index in [1.165, 1.54) is 5.56 Å². The number of hydrogen-bond acceptors (Lipinski definition) is 1. The molecule has 12 heavy (non-hydrogen) atoms. The van der Waals surface area contributed by atoms with E-state index >= 15 is 0 Å². The lowest BCUT2D eigenvalue weighted by Crippen LogP contribution is -2.39. The highest BCUT2D eigenvalue weighted by atomic mass is 79.9. The molecule has 0 unspecified atom stereocenters. The van der Waals surface area contributed by atoms with E-state index in [1.54, 1.807) is 0 Å². The number of rotatable bonds is 1. The Bertz CT molecular complexity index is 274.